The van der Waals surface area contributed by atoms with E-state index in [2.05, 4.69) is 20.5 Å². The van der Waals surface area contributed by atoms with E-state index in [1.807, 2.05) is 46.3 Å². The SMILES string of the molecule is O=C(NCCCc1nnc2ccccn12)c1csc(-c2cccs2)n1. The normalized spacial score (nSPS) is 11.0. The first-order valence-corrected chi connectivity index (χ1v) is 9.63. The highest BCUT2D eigenvalue weighted by molar-refractivity contribution is 7.20. The largest absolute Gasteiger partial charge is 0.351 e. The van der Waals surface area contributed by atoms with Crippen LogP contribution in [0, 0.1) is 0 Å². The predicted molar refractivity (Wildman–Crippen MR) is 99.1 cm³/mol. The molecule has 0 aliphatic carbocycles. The Morgan fingerprint density at radius 3 is 3.00 bits per heavy atom. The van der Waals surface area contributed by atoms with Crippen molar-refractivity contribution < 1.29 is 4.79 Å². The first-order chi connectivity index (χ1) is 12.3. The van der Waals surface area contributed by atoms with Crippen molar-refractivity contribution in [3.05, 3.63) is 58.8 Å². The number of aromatic nitrogens is 4. The molecule has 0 unspecified atom stereocenters. The highest BCUT2D eigenvalue weighted by atomic mass is 32.1. The third-order valence-electron chi connectivity index (χ3n) is 3.72. The number of rotatable bonds is 6. The lowest BCUT2D eigenvalue weighted by atomic mass is 10.3. The van der Waals surface area contributed by atoms with Gasteiger partial charge in [-0.15, -0.1) is 32.9 Å². The van der Waals surface area contributed by atoms with Gasteiger partial charge >= 0.3 is 0 Å². The first-order valence-electron chi connectivity index (χ1n) is 7.87. The molecule has 126 valence electrons. The van der Waals surface area contributed by atoms with Crippen molar-refractivity contribution in [3.8, 4) is 9.88 Å². The Hall–Kier alpha value is -2.58. The van der Waals surface area contributed by atoms with Crippen molar-refractivity contribution in [2.45, 2.75) is 12.8 Å². The van der Waals surface area contributed by atoms with E-state index in [1.165, 1.54) is 11.3 Å². The van der Waals surface area contributed by atoms with Crippen LogP contribution in [0.5, 0.6) is 0 Å². The van der Waals surface area contributed by atoms with Gasteiger partial charge in [0.2, 0.25) is 0 Å². The van der Waals surface area contributed by atoms with Crippen LogP contribution in [0.2, 0.25) is 0 Å². The summed E-state index contributed by atoms with van der Waals surface area (Å²) in [6.07, 6.45) is 3.50. The van der Waals surface area contributed by atoms with Gasteiger partial charge in [-0.3, -0.25) is 9.20 Å². The number of fused-ring (bicyclic) bond motifs is 1. The summed E-state index contributed by atoms with van der Waals surface area (Å²) in [4.78, 5) is 17.7. The second-order valence-electron chi connectivity index (χ2n) is 5.42. The fourth-order valence-electron chi connectivity index (χ4n) is 2.49. The molecular formula is C17H15N5OS2. The zero-order chi connectivity index (χ0) is 17.1. The summed E-state index contributed by atoms with van der Waals surface area (Å²) in [7, 11) is 0. The number of carbonyl (C=O) groups excluding carboxylic acids is 1. The van der Waals surface area contributed by atoms with Crippen molar-refractivity contribution in [3.63, 3.8) is 0 Å². The Labute approximate surface area is 152 Å². The van der Waals surface area contributed by atoms with Gasteiger partial charge < -0.3 is 5.32 Å². The molecule has 4 aromatic rings. The van der Waals surface area contributed by atoms with Crippen LogP contribution < -0.4 is 5.32 Å². The molecule has 4 aromatic heterocycles. The van der Waals surface area contributed by atoms with Gasteiger partial charge in [0.25, 0.3) is 5.91 Å². The number of thiazole rings is 1. The molecular weight excluding hydrogens is 354 g/mol. The number of nitrogens with zero attached hydrogens (tertiary/aromatic N) is 4. The van der Waals surface area contributed by atoms with Crippen LogP contribution >= 0.6 is 22.7 Å². The molecule has 25 heavy (non-hydrogen) atoms. The topological polar surface area (TPSA) is 72.2 Å². The Balaban J connectivity index is 1.30. The Morgan fingerprint density at radius 1 is 1.16 bits per heavy atom. The molecule has 0 fully saturated rings. The van der Waals surface area contributed by atoms with E-state index < -0.39 is 0 Å². The zero-order valence-corrected chi connectivity index (χ0v) is 14.9. The highest BCUT2D eigenvalue weighted by Gasteiger charge is 2.12. The maximum absolute atomic E-state index is 12.2. The summed E-state index contributed by atoms with van der Waals surface area (Å²) in [5.41, 5.74) is 1.31. The number of amides is 1. The third kappa shape index (κ3) is 3.45. The van der Waals surface area contributed by atoms with Gasteiger partial charge in [0.1, 0.15) is 16.5 Å². The molecule has 8 heteroatoms. The molecule has 6 nitrogen and oxygen atoms in total. The highest BCUT2D eigenvalue weighted by Crippen LogP contribution is 2.27. The molecule has 4 rings (SSSR count). The van der Waals surface area contributed by atoms with Crippen LogP contribution in [-0.4, -0.2) is 32.0 Å². The Morgan fingerprint density at radius 2 is 2.12 bits per heavy atom. The monoisotopic (exact) mass is 369 g/mol. The van der Waals surface area contributed by atoms with Crippen molar-refractivity contribution in [2.24, 2.45) is 0 Å². The number of nitrogens with one attached hydrogen (secondary N) is 1. The second kappa shape index (κ2) is 7.12. The van der Waals surface area contributed by atoms with E-state index in [1.54, 1.807) is 16.7 Å². The van der Waals surface area contributed by atoms with E-state index in [9.17, 15) is 4.79 Å². The molecule has 0 aliphatic rings. The molecule has 0 atom stereocenters. The number of aryl methyl sites for hydroxylation is 1. The predicted octanol–water partition coefficient (Wildman–Crippen LogP) is 3.28. The smallest absolute Gasteiger partial charge is 0.270 e. The van der Waals surface area contributed by atoms with Gasteiger partial charge in [-0.25, -0.2) is 4.98 Å². The van der Waals surface area contributed by atoms with Gasteiger partial charge in [-0.05, 0) is 30.0 Å². The van der Waals surface area contributed by atoms with E-state index in [0.29, 0.717) is 12.2 Å². The molecule has 0 saturated heterocycles. The van der Waals surface area contributed by atoms with Gasteiger partial charge in [0.15, 0.2) is 5.65 Å². The van der Waals surface area contributed by atoms with E-state index in [0.717, 1.165) is 34.2 Å². The molecule has 0 spiro atoms. The van der Waals surface area contributed by atoms with Gasteiger partial charge in [-0.1, -0.05) is 12.1 Å². The fraction of sp³-hybridized carbons (Fsp3) is 0.176. The summed E-state index contributed by atoms with van der Waals surface area (Å²) >= 11 is 3.11. The third-order valence-corrected chi connectivity index (χ3v) is 5.60. The average molecular weight is 369 g/mol. The molecule has 1 amide bonds. The zero-order valence-electron chi connectivity index (χ0n) is 13.3. The number of carbonyl (C=O) groups is 1. The maximum atomic E-state index is 12.2. The van der Waals surface area contributed by atoms with Crippen LogP contribution in [-0.2, 0) is 6.42 Å². The number of thiophene rings is 1. The van der Waals surface area contributed by atoms with Crippen molar-refractivity contribution in [1.29, 1.82) is 0 Å². The van der Waals surface area contributed by atoms with Crippen LogP contribution in [0.25, 0.3) is 15.5 Å². The van der Waals surface area contributed by atoms with Crippen LogP contribution in [0.3, 0.4) is 0 Å². The minimum atomic E-state index is -0.134. The van der Waals surface area contributed by atoms with Gasteiger partial charge in [-0.2, -0.15) is 0 Å². The molecule has 1 N–H and O–H groups in total. The summed E-state index contributed by atoms with van der Waals surface area (Å²) in [5.74, 6) is 0.767. The lowest BCUT2D eigenvalue weighted by Crippen LogP contribution is -2.25. The summed E-state index contributed by atoms with van der Waals surface area (Å²) < 4.78 is 1.97. The molecule has 4 heterocycles. The second-order valence-corrected chi connectivity index (χ2v) is 7.23. The van der Waals surface area contributed by atoms with E-state index in [-0.39, 0.29) is 5.91 Å². The summed E-state index contributed by atoms with van der Waals surface area (Å²) in [5, 5.41) is 15.9. The quantitative estimate of drug-likeness (QED) is 0.530. The van der Waals surface area contributed by atoms with Crippen LogP contribution in [0.4, 0.5) is 0 Å². The molecule has 0 saturated carbocycles. The molecule has 0 bridgehead atoms. The minimum absolute atomic E-state index is 0.134. The number of hydrogen-bond acceptors (Lipinski definition) is 6. The Kier molecular flexibility index (Phi) is 4.53. The Bertz CT molecular complexity index is 989. The fourth-order valence-corrected chi connectivity index (χ4v) is 4.11. The van der Waals surface area contributed by atoms with Gasteiger partial charge in [0, 0.05) is 24.5 Å². The lowest BCUT2D eigenvalue weighted by molar-refractivity contribution is 0.0949. The molecule has 0 aromatic carbocycles. The molecule has 0 radical (unpaired) electrons. The van der Waals surface area contributed by atoms with Gasteiger partial charge in [0.05, 0.1) is 4.88 Å². The summed E-state index contributed by atoms with van der Waals surface area (Å²) in [6, 6.07) is 9.80. The number of hydrogen-bond donors (Lipinski definition) is 1. The maximum Gasteiger partial charge on any atom is 0.270 e. The lowest BCUT2D eigenvalue weighted by Gasteiger charge is -2.03. The van der Waals surface area contributed by atoms with E-state index in [4.69, 9.17) is 0 Å². The first kappa shape index (κ1) is 15.9. The van der Waals surface area contributed by atoms with Crippen molar-refractivity contribution >= 4 is 34.2 Å². The average Bonchev–Trinajstić information content (AvgIpc) is 3.38. The van der Waals surface area contributed by atoms with Crippen LogP contribution in [0.15, 0.2) is 47.3 Å². The number of pyridine rings is 1. The van der Waals surface area contributed by atoms with Crippen molar-refractivity contribution in [1.82, 2.24) is 24.9 Å². The van der Waals surface area contributed by atoms with Crippen molar-refractivity contribution in [2.75, 3.05) is 6.54 Å². The molecule has 0 aliphatic heterocycles. The van der Waals surface area contributed by atoms with Crippen LogP contribution in [0.1, 0.15) is 22.7 Å². The van der Waals surface area contributed by atoms with E-state index >= 15 is 0 Å². The minimum Gasteiger partial charge on any atom is -0.351 e. The standard InChI is InChI=1S/C17H15N5OS2/c23-16(12-11-25-17(19-12)13-5-4-10-24-13)18-8-3-7-15-21-20-14-6-1-2-9-22(14)15/h1-2,4-6,9-11H,3,7-8H2,(H,18,23). The summed E-state index contributed by atoms with van der Waals surface area (Å²) in [6.45, 7) is 0.576.